The number of nitrogens with one attached hydrogen (secondary N) is 1. The number of hydrogen-bond acceptors (Lipinski definition) is 5. The molecule has 0 aliphatic carbocycles. The zero-order valence-corrected chi connectivity index (χ0v) is 26.6. The molecule has 0 aliphatic heterocycles. The van der Waals surface area contributed by atoms with Gasteiger partial charge in [0.15, 0.2) is 0 Å². The van der Waals surface area contributed by atoms with Gasteiger partial charge in [0.2, 0.25) is 23.6 Å². The summed E-state index contributed by atoms with van der Waals surface area (Å²) in [6.07, 6.45) is 4.12. The predicted molar refractivity (Wildman–Crippen MR) is 175 cm³/mol. The number of carbonyl (C=O) groups excluding carboxylic acids is 4. The van der Waals surface area contributed by atoms with E-state index in [1.807, 2.05) is 86.6 Å². The maximum Gasteiger partial charge on any atom is 0.246 e. The Morgan fingerprint density at radius 2 is 1.41 bits per heavy atom. The van der Waals surface area contributed by atoms with Crippen LogP contribution in [0.15, 0.2) is 84.9 Å². The maximum absolute atomic E-state index is 14.3. The average Bonchev–Trinajstić information content (AvgIpc) is 2.99. The number of rotatable bonds is 13. The van der Waals surface area contributed by atoms with Crippen LogP contribution in [0.4, 0.5) is 0 Å². The molecular formula is C35H45N5O4. The molecule has 0 fully saturated rings. The van der Waals surface area contributed by atoms with Gasteiger partial charge in [-0.1, -0.05) is 78.9 Å². The van der Waals surface area contributed by atoms with Crippen molar-refractivity contribution in [1.82, 2.24) is 20.0 Å². The second kappa shape index (κ2) is 15.3. The lowest BCUT2D eigenvalue weighted by Crippen LogP contribution is -2.56. The summed E-state index contributed by atoms with van der Waals surface area (Å²) in [7, 11) is 6.39. The third-order valence-electron chi connectivity index (χ3n) is 7.55. The van der Waals surface area contributed by atoms with Gasteiger partial charge in [0.25, 0.3) is 0 Å². The Morgan fingerprint density at radius 3 is 2.05 bits per heavy atom. The first-order valence-corrected chi connectivity index (χ1v) is 14.7. The fourth-order valence-electron chi connectivity index (χ4n) is 4.78. The summed E-state index contributed by atoms with van der Waals surface area (Å²) < 4.78 is 0. The van der Waals surface area contributed by atoms with Gasteiger partial charge in [0.05, 0.1) is 6.54 Å². The fraction of sp³-hybridized carbons (Fsp3) is 0.371. The van der Waals surface area contributed by atoms with Gasteiger partial charge in [-0.05, 0) is 48.2 Å². The number of nitrogens with two attached hydrogens (primary N) is 1. The average molecular weight is 600 g/mol. The van der Waals surface area contributed by atoms with Crippen molar-refractivity contribution in [3.05, 3.63) is 96.1 Å². The van der Waals surface area contributed by atoms with E-state index >= 15 is 0 Å². The van der Waals surface area contributed by atoms with Crippen LogP contribution in [0, 0.1) is 0 Å². The Hall–Kier alpha value is -4.50. The zero-order valence-electron chi connectivity index (χ0n) is 26.6. The Balaban J connectivity index is 1.95. The second-order valence-electron chi connectivity index (χ2n) is 12.1. The molecule has 0 unspecified atom stereocenters. The summed E-state index contributed by atoms with van der Waals surface area (Å²) in [5.41, 5.74) is 7.33. The third kappa shape index (κ3) is 9.77. The van der Waals surface area contributed by atoms with Gasteiger partial charge < -0.3 is 25.8 Å². The number of likely N-dealkylation sites (N-methyl/N-ethyl adjacent to an activating group) is 3. The van der Waals surface area contributed by atoms with Crippen LogP contribution in [0.1, 0.15) is 31.4 Å². The lowest BCUT2D eigenvalue weighted by molar-refractivity contribution is -0.146. The molecule has 0 aromatic heterocycles. The fourth-order valence-corrected chi connectivity index (χ4v) is 4.78. The molecule has 3 aromatic carbocycles. The molecule has 0 saturated carbocycles. The second-order valence-corrected chi connectivity index (χ2v) is 12.1. The molecule has 0 bridgehead atoms. The first-order valence-electron chi connectivity index (χ1n) is 14.7. The highest BCUT2D eigenvalue weighted by atomic mass is 16.2. The first kappa shape index (κ1) is 34.0. The lowest BCUT2D eigenvalue weighted by Gasteiger charge is -2.34. The number of carbonyl (C=O) groups is 4. The number of amides is 4. The van der Waals surface area contributed by atoms with E-state index in [9.17, 15) is 19.2 Å². The standard InChI is InChI=1S/C35H45N5O4/c1-35(2,36)20-12-17-31(41)39(5)30(23-26-18-19-27-15-10-11-16-28(27)21-26)34(44)40(6)29(22-25-13-8-7-9-14-25)33(43)37-24-32(42)38(3)4/h7-19,21,29-30H,20,22-24,36H2,1-6H3,(H,37,43)/b17-12+/t29-,30-/m1/s1. The van der Waals surface area contributed by atoms with Crippen molar-refractivity contribution < 1.29 is 19.2 Å². The highest BCUT2D eigenvalue weighted by Gasteiger charge is 2.35. The Kier molecular flexibility index (Phi) is 11.8. The van der Waals surface area contributed by atoms with E-state index in [-0.39, 0.29) is 31.2 Å². The molecule has 3 aromatic rings. The summed E-state index contributed by atoms with van der Waals surface area (Å²) in [5.74, 6) is -1.46. The lowest BCUT2D eigenvalue weighted by atomic mass is 9.98. The van der Waals surface area contributed by atoms with Crippen molar-refractivity contribution in [2.24, 2.45) is 5.73 Å². The van der Waals surface area contributed by atoms with Crippen LogP contribution in [0.25, 0.3) is 10.8 Å². The van der Waals surface area contributed by atoms with Crippen LogP contribution >= 0.6 is 0 Å². The maximum atomic E-state index is 14.3. The minimum absolute atomic E-state index is 0.194. The molecule has 3 rings (SSSR count). The molecule has 3 N–H and O–H groups in total. The van der Waals surface area contributed by atoms with Gasteiger partial charge in [-0.2, -0.15) is 0 Å². The highest BCUT2D eigenvalue weighted by Crippen LogP contribution is 2.20. The zero-order chi connectivity index (χ0) is 32.4. The summed E-state index contributed by atoms with van der Waals surface area (Å²) in [4.78, 5) is 57.6. The Labute approximate surface area is 260 Å². The monoisotopic (exact) mass is 599 g/mol. The molecule has 9 heteroatoms. The minimum atomic E-state index is -0.920. The number of nitrogens with zero attached hydrogens (tertiary/aromatic N) is 3. The first-order chi connectivity index (χ1) is 20.8. The largest absolute Gasteiger partial charge is 0.347 e. The van der Waals surface area contributed by atoms with Crippen molar-refractivity contribution in [3.63, 3.8) is 0 Å². The molecule has 0 spiro atoms. The van der Waals surface area contributed by atoms with Crippen molar-refractivity contribution in [1.29, 1.82) is 0 Å². The van der Waals surface area contributed by atoms with Crippen LogP contribution in [-0.2, 0) is 32.0 Å². The molecule has 9 nitrogen and oxygen atoms in total. The molecule has 0 aliphatic rings. The van der Waals surface area contributed by atoms with Crippen molar-refractivity contribution in [2.75, 3.05) is 34.7 Å². The van der Waals surface area contributed by atoms with Gasteiger partial charge in [0.1, 0.15) is 12.1 Å². The van der Waals surface area contributed by atoms with E-state index in [1.165, 1.54) is 20.8 Å². The van der Waals surface area contributed by atoms with Gasteiger partial charge in [-0.3, -0.25) is 19.2 Å². The SMILES string of the molecule is CN(C)C(=O)CNC(=O)[C@@H](Cc1ccccc1)N(C)C(=O)[C@@H](Cc1ccc2ccccc2c1)N(C)C(=O)/C=C/CC(C)(C)N. The highest BCUT2D eigenvalue weighted by molar-refractivity contribution is 5.95. The van der Waals surface area contributed by atoms with E-state index in [2.05, 4.69) is 5.32 Å². The van der Waals surface area contributed by atoms with Crippen LogP contribution < -0.4 is 11.1 Å². The van der Waals surface area contributed by atoms with Crippen LogP contribution in [-0.4, -0.2) is 90.7 Å². The normalized spacial score (nSPS) is 12.9. The summed E-state index contributed by atoms with van der Waals surface area (Å²) in [6, 6.07) is 21.5. The molecule has 0 heterocycles. The summed E-state index contributed by atoms with van der Waals surface area (Å²) >= 11 is 0. The van der Waals surface area contributed by atoms with Crippen molar-refractivity contribution in [2.45, 2.75) is 50.7 Å². The van der Waals surface area contributed by atoms with Gasteiger partial charge in [-0.15, -0.1) is 0 Å². The van der Waals surface area contributed by atoms with Crippen molar-refractivity contribution in [3.8, 4) is 0 Å². The van der Waals surface area contributed by atoms with E-state index in [0.717, 1.165) is 21.9 Å². The Bertz CT molecular complexity index is 1480. The van der Waals surface area contributed by atoms with Crippen LogP contribution in [0.5, 0.6) is 0 Å². The molecule has 4 amide bonds. The number of benzene rings is 3. The topological polar surface area (TPSA) is 116 Å². The quantitative estimate of drug-likeness (QED) is 0.293. The van der Waals surface area contributed by atoms with Crippen LogP contribution in [0.2, 0.25) is 0 Å². The van der Waals surface area contributed by atoms with Gasteiger partial charge in [0, 0.05) is 46.6 Å². The summed E-state index contributed by atoms with van der Waals surface area (Å²) in [6.45, 7) is 3.55. The Morgan fingerprint density at radius 1 is 0.795 bits per heavy atom. The number of hydrogen-bond donors (Lipinski definition) is 2. The smallest absolute Gasteiger partial charge is 0.246 e. The minimum Gasteiger partial charge on any atom is -0.347 e. The molecule has 2 atom stereocenters. The van der Waals surface area contributed by atoms with E-state index in [4.69, 9.17) is 5.73 Å². The van der Waals surface area contributed by atoms with Gasteiger partial charge in [-0.25, -0.2) is 0 Å². The van der Waals surface area contributed by atoms with E-state index in [0.29, 0.717) is 6.42 Å². The summed E-state index contributed by atoms with van der Waals surface area (Å²) in [5, 5.41) is 4.79. The van der Waals surface area contributed by atoms with Crippen molar-refractivity contribution >= 4 is 34.4 Å². The van der Waals surface area contributed by atoms with E-state index < -0.39 is 29.4 Å². The molecule has 0 radical (unpaired) electrons. The third-order valence-corrected chi connectivity index (χ3v) is 7.55. The predicted octanol–water partition coefficient (Wildman–Crippen LogP) is 3.17. The van der Waals surface area contributed by atoms with E-state index in [1.54, 1.807) is 34.3 Å². The molecule has 234 valence electrons. The molecule has 0 saturated heterocycles. The van der Waals surface area contributed by atoms with Crippen LogP contribution in [0.3, 0.4) is 0 Å². The number of fused-ring (bicyclic) bond motifs is 1. The van der Waals surface area contributed by atoms with Gasteiger partial charge >= 0.3 is 0 Å². The molecular weight excluding hydrogens is 554 g/mol. The molecule has 44 heavy (non-hydrogen) atoms.